The first kappa shape index (κ1) is 15.0. The van der Waals surface area contributed by atoms with Gasteiger partial charge in [-0.15, -0.1) is 0 Å². The maximum atomic E-state index is 10.5. The summed E-state index contributed by atoms with van der Waals surface area (Å²) < 4.78 is 5.48. The lowest BCUT2D eigenvalue weighted by molar-refractivity contribution is 0.405. The molecule has 0 aliphatic rings. The zero-order valence-corrected chi connectivity index (χ0v) is 13.3. The van der Waals surface area contributed by atoms with Gasteiger partial charge in [-0.2, -0.15) is 0 Å². The number of aryl methyl sites for hydroxylation is 1. The third-order valence-electron chi connectivity index (χ3n) is 4.19. The smallest absolute Gasteiger partial charge is 0.166 e. The number of fused-ring (bicyclic) bond motifs is 1. The first-order valence-corrected chi connectivity index (χ1v) is 7.33. The largest absolute Gasteiger partial charge is 0.504 e. The van der Waals surface area contributed by atoms with Crippen LogP contribution in [0.3, 0.4) is 0 Å². The molecule has 0 spiro atoms. The van der Waals surface area contributed by atoms with Gasteiger partial charge in [-0.25, -0.2) is 0 Å². The van der Waals surface area contributed by atoms with E-state index in [1.807, 2.05) is 44.2 Å². The summed E-state index contributed by atoms with van der Waals surface area (Å²) in [6, 6.07) is 10.9. The lowest BCUT2D eigenvalue weighted by Gasteiger charge is -2.19. The molecular weight excluding hydrogens is 290 g/mol. The monoisotopic (exact) mass is 309 g/mol. The van der Waals surface area contributed by atoms with E-state index in [-0.39, 0.29) is 11.5 Å². The van der Waals surface area contributed by atoms with Crippen molar-refractivity contribution in [2.75, 3.05) is 12.8 Å². The summed E-state index contributed by atoms with van der Waals surface area (Å²) in [5, 5.41) is 22.2. The number of benzene rings is 3. The predicted molar refractivity (Wildman–Crippen MR) is 93.2 cm³/mol. The number of anilines is 1. The molecule has 4 heteroatoms. The van der Waals surface area contributed by atoms with Gasteiger partial charge in [0.25, 0.3) is 0 Å². The minimum atomic E-state index is -0.176. The number of methoxy groups -OCH3 is 1. The number of phenolic OH excluding ortho intramolecular Hbond substituents is 2. The molecule has 3 aromatic carbocycles. The predicted octanol–water partition coefficient (Wildman–Crippen LogP) is 4.13. The van der Waals surface area contributed by atoms with Crippen LogP contribution in [0.15, 0.2) is 36.4 Å². The number of hydrogen-bond donors (Lipinski definition) is 3. The van der Waals surface area contributed by atoms with E-state index in [1.165, 1.54) is 0 Å². The van der Waals surface area contributed by atoms with E-state index in [4.69, 9.17) is 10.5 Å². The van der Waals surface area contributed by atoms with Crippen molar-refractivity contribution in [2.24, 2.45) is 0 Å². The summed E-state index contributed by atoms with van der Waals surface area (Å²) >= 11 is 0. The van der Waals surface area contributed by atoms with Gasteiger partial charge in [-0.3, -0.25) is 0 Å². The van der Waals surface area contributed by atoms with Gasteiger partial charge in [-0.1, -0.05) is 24.3 Å². The summed E-state index contributed by atoms with van der Waals surface area (Å²) in [5.41, 5.74) is 9.73. The minimum absolute atomic E-state index is 0.169. The summed E-state index contributed by atoms with van der Waals surface area (Å²) in [6.45, 7) is 3.82. The molecule has 0 amide bonds. The molecule has 0 atom stereocenters. The molecule has 3 aromatic rings. The Morgan fingerprint density at radius 3 is 2.39 bits per heavy atom. The molecule has 0 radical (unpaired) electrons. The molecule has 118 valence electrons. The van der Waals surface area contributed by atoms with E-state index in [9.17, 15) is 10.2 Å². The fourth-order valence-electron chi connectivity index (χ4n) is 3.22. The average Bonchev–Trinajstić information content (AvgIpc) is 2.51. The van der Waals surface area contributed by atoms with Gasteiger partial charge in [-0.05, 0) is 42.3 Å². The number of aromatic hydroxyl groups is 2. The second kappa shape index (κ2) is 5.39. The Hall–Kier alpha value is -2.88. The SMILES string of the molecule is COc1c(C)cc(N)c(-c2c(O)c(O)cc3ccccc23)c1C. The Kier molecular flexibility index (Phi) is 3.52. The Morgan fingerprint density at radius 2 is 1.70 bits per heavy atom. The quantitative estimate of drug-likeness (QED) is 0.491. The van der Waals surface area contributed by atoms with Crippen LogP contribution in [0.4, 0.5) is 5.69 Å². The van der Waals surface area contributed by atoms with E-state index in [0.29, 0.717) is 16.8 Å². The molecule has 23 heavy (non-hydrogen) atoms. The van der Waals surface area contributed by atoms with Gasteiger partial charge >= 0.3 is 0 Å². The van der Waals surface area contributed by atoms with E-state index in [2.05, 4.69) is 0 Å². The number of nitrogens with two attached hydrogens (primary N) is 1. The van der Waals surface area contributed by atoms with Gasteiger partial charge in [0.05, 0.1) is 7.11 Å². The number of rotatable bonds is 2. The number of phenols is 2. The van der Waals surface area contributed by atoms with Gasteiger partial charge < -0.3 is 20.7 Å². The van der Waals surface area contributed by atoms with Crippen molar-refractivity contribution in [3.8, 4) is 28.4 Å². The highest BCUT2D eigenvalue weighted by Gasteiger charge is 2.21. The molecule has 0 unspecified atom stereocenters. The fourth-order valence-corrected chi connectivity index (χ4v) is 3.22. The number of ether oxygens (including phenoxy) is 1. The summed E-state index contributed by atoms with van der Waals surface area (Å²) in [6.07, 6.45) is 0. The minimum Gasteiger partial charge on any atom is -0.504 e. The molecular formula is C19H19NO3. The van der Waals surface area contributed by atoms with Crippen molar-refractivity contribution in [1.29, 1.82) is 0 Å². The van der Waals surface area contributed by atoms with Crippen molar-refractivity contribution in [2.45, 2.75) is 13.8 Å². The van der Waals surface area contributed by atoms with Crippen molar-refractivity contribution in [3.63, 3.8) is 0 Å². The maximum absolute atomic E-state index is 10.5. The normalized spacial score (nSPS) is 10.9. The number of nitrogen functional groups attached to an aromatic ring is 1. The number of hydrogen-bond acceptors (Lipinski definition) is 4. The molecule has 0 heterocycles. The van der Waals surface area contributed by atoms with Gasteiger partial charge in [0, 0.05) is 22.4 Å². The second-order valence-electron chi connectivity index (χ2n) is 5.66. The van der Waals surface area contributed by atoms with E-state index in [1.54, 1.807) is 13.2 Å². The van der Waals surface area contributed by atoms with Gasteiger partial charge in [0.15, 0.2) is 11.5 Å². The fraction of sp³-hybridized carbons (Fsp3) is 0.158. The van der Waals surface area contributed by atoms with Crippen molar-refractivity contribution < 1.29 is 14.9 Å². The standard InChI is InChI=1S/C19H19NO3/c1-10-8-14(20)16(11(2)19(10)23-3)17-13-7-5-4-6-12(13)9-15(21)18(17)22/h4-9,21-22H,20H2,1-3H3. The molecule has 4 N–H and O–H groups in total. The second-order valence-corrected chi connectivity index (χ2v) is 5.66. The Bertz CT molecular complexity index is 916. The highest BCUT2D eigenvalue weighted by atomic mass is 16.5. The lowest BCUT2D eigenvalue weighted by Crippen LogP contribution is -2.00. The topological polar surface area (TPSA) is 75.7 Å². The highest BCUT2D eigenvalue weighted by molar-refractivity contribution is 6.05. The van der Waals surface area contributed by atoms with E-state index in [0.717, 1.165) is 27.6 Å². The van der Waals surface area contributed by atoms with Crippen LogP contribution < -0.4 is 10.5 Å². The van der Waals surface area contributed by atoms with Crippen LogP contribution in [0.2, 0.25) is 0 Å². The van der Waals surface area contributed by atoms with Crippen LogP contribution in [-0.4, -0.2) is 17.3 Å². The van der Waals surface area contributed by atoms with Crippen molar-refractivity contribution in [1.82, 2.24) is 0 Å². The van der Waals surface area contributed by atoms with Crippen LogP contribution in [0.1, 0.15) is 11.1 Å². The summed E-state index contributed by atoms with van der Waals surface area (Å²) in [4.78, 5) is 0. The maximum Gasteiger partial charge on any atom is 0.166 e. The lowest BCUT2D eigenvalue weighted by atomic mass is 9.90. The van der Waals surface area contributed by atoms with Crippen molar-refractivity contribution in [3.05, 3.63) is 47.5 Å². The molecule has 0 aromatic heterocycles. The van der Waals surface area contributed by atoms with Crippen LogP contribution in [0.5, 0.6) is 17.2 Å². The molecule has 4 nitrogen and oxygen atoms in total. The van der Waals surface area contributed by atoms with Gasteiger partial charge in [0.2, 0.25) is 0 Å². The molecule has 0 saturated carbocycles. The zero-order chi connectivity index (χ0) is 16.7. The highest BCUT2D eigenvalue weighted by Crippen LogP contribution is 2.47. The molecule has 0 fully saturated rings. The first-order chi connectivity index (χ1) is 11.0. The summed E-state index contributed by atoms with van der Waals surface area (Å²) in [5.74, 6) is 0.377. The van der Waals surface area contributed by atoms with Crippen LogP contribution >= 0.6 is 0 Å². The zero-order valence-electron chi connectivity index (χ0n) is 13.3. The van der Waals surface area contributed by atoms with E-state index < -0.39 is 0 Å². The molecule has 0 aliphatic carbocycles. The van der Waals surface area contributed by atoms with Crippen LogP contribution in [0.25, 0.3) is 21.9 Å². The molecule has 0 saturated heterocycles. The Balaban J connectivity index is 2.49. The van der Waals surface area contributed by atoms with Gasteiger partial charge in [0.1, 0.15) is 5.75 Å². The molecule has 0 aliphatic heterocycles. The van der Waals surface area contributed by atoms with Crippen LogP contribution in [0, 0.1) is 13.8 Å². The van der Waals surface area contributed by atoms with Crippen LogP contribution in [-0.2, 0) is 0 Å². The first-order valence-electron chi connectivity index (χ1n) is 7.33. The third-order valence-corrected chi connectivity index (χ3v) is 4.19. The average molecular weight is 309 g/mol. The Labute approximate surface area is 134 Å². The van der Waals surface area contributed by atoms with E-state index >= 15 is 0 Å². The molecule has 0 bridgehead atoms. The third kappa shape index (κ3) is 2.23. The summed E-state index contributed by atoms with van der Waals surface area (Å²) in [7, 11) is 1.61. The van der Waals surface area contributed by atoms with Crippen molar-refractivity contribution >= 4 is 16.5 Å². The molecule has 3 rings (SSSR count). The Morgan fingerprint density at radius 1 is 1.00 bits per heavy atom.